The number of methoxy groups -OCH3 is 1. The van der Waals surface area contributed by atoms with Gasteiger partial charge in [-0.25, -0.2) is 9.59 Å². The third kappa shape index (κ3) is 20.1. The SMILES string of the molecule is C=C1CCC(C(=O)N[C@H](CCC(N)=O)C(=O)O[C@@H](C)C(=O)N2CCC[C@H]2C(=O)N(C)[C@H](CC(C)C)C(=O)N[C@H]2C(=O)N[C@@H]([C@@H](C)CC)[C@@H](O)CC(=O)N[C@@H](C(C)C)C(=O)N[C@@H](CC(C)C)C(=O)N3CCC[C@H]3C(=O)N(C)[C@@H](Cc3ccc(OC)cc3)C(=O)O[C@H]2C)N1. The van der Waals surface area contributed by atoms with Crippen LogP contribution in [0.4, 0.5) is 0 Å². The summed E-state index contributed by atoms with van der Waals surface area (Å²) in [4.78, 5) is 176. The second-order valence-electron chi connectivity index (χ2n) is 26.3. The van der Waals surface area contributed by atoms with Crippen molar-refractivity contribution in [3.05, 3.63) is 42.1 Å². The first kappa shape index (κ1) is 74.9. The van der Waals surface area contributed by atoms with Crippen molar-refractivity contribution in [3.63, 3.8) is 0 Å². The molecule has 1 aromatic carbocycles. The smallest absolute Gasteiger partial charge is 0.329 e. The van der Waals surface area contributed by atoms with Crippen LogP contribution in [0, 0.1) is 23.7 Å². The number of allylic oxidation sites excluding steroid dienone is 1. The van der Waals surface area contributed by atoms with Gasteiger partial charge in [0.05, 0.1) is 25.7 Å². The second kappa shape index (κ2) is 34.2. The Bertz CT molecular complexity index is 2830. The number of nitrogens with two attached hydrogens (primary N) is 1. The number of esters is 2. The van der Waals surface area contributed by atoms with E-state index in [1.165, 1.54) is 49.8 Å². The fraction of sp³-hybridized carbons (Fsp3) is 0.692. The molecule has 4 heterocycles. The van der Waals surface area contributed by atoms with Crippen LogP contribution in [0.15, 0.2) is 36.5 Å². The van der Waals surface area contributed by atoms with Gasteiger partial charge in [-0.1, -0.05) is 80.5 Å². The molecule has 0 radical (unpaired) electrons. The molecule has 14 atom stereocenters. The van der Waals surface area contributed by atoms with Crippen molar-refractivity contribution in [1.29, 1.82) is 0 Å². The predicted molar refractivity (Wildman–Crippen MR) is 338 cm³/mol. The molecule has 4 saturated heterocycles. The van der Waals surface area contributed by atoms with E-state index in [1.807, 2.05) is 13.8 Å². The normalized spacial score (nSPS) is 26.1. The molecular formula is C65H101N11O16. The molecule has 0 saturated carbocycles. The van der Waals surface area contributed by atoms with Gasteiger partial charge in [0.2, 0.25) is 53.2 Å². The lowest BCUT2D eigenvalue weighted by atomic mass is 9.91. The highest BCUT2D eigenvalue weighted by molar-refractivity contribution is 5.98. The Balaban J connectivity index is 1.52. The third-order valence-corrected chi connectivity index (χ3v) is 17.8. The highest BCUT2D eigenvalue weighted by Gasteiger charge is 2.46. The number of primary amides is 1. The van der Waals surface area contributed by atoms with Gasteiger partial charge in [0.25, 0.3) is 5.91 Å². The van der Waals surface area contributed by atoms with Crippen LogP contribution >= 0.6 is 0 Å². The molecule has 9 N–H and O–H groups in total. The van der Waals surface area contributed by atoms with E-state index < -0.39 is 168 Å². The molecule has 0 spiro atoms. The van der Waals surface area contributed by atoms with E-state index in [1.54, 1.807) is 65.8 Å². The summed E-state index contributed by atoms with van der Waals surface area (Å²) in [5.41, 5.74) is 6.59. The van der Waals surface area contributed by atoms with Gasteiger partial charge < -0.3 is 76.6 Å². The summed E-state index contributed by atoms with van der Waals surface area (Å²) >= 11 is 0. The summed E-state index contributed by atoms with van der Waals surface area (Å²) in [5.74, 6) is -10.1. The van der Waals surface area contributed by atoms with Crippen LogP contribution in [0.1, 0.15) is 152 Å². The molecule has 1 unspecified atom stereocenters. The van der Waals surface area contributed by atoms with Crippen molar-refractivity contribution in [3.8, 4) is 5.75 Å². The van der Waals surface area contributed by atoms with Gasteiger partial charge in [-0.05, 0) is 113 Å². The maximum Gasteiger partial charge on any atom is 0.329 e. The Morgan fingerprint density at radius 2 is 1.53 bits per heavy atom. The molecule has 0 bridgehead atoms. The zero-order chi connectivity index (χ0) is 68.6. The average molecular weight is 1290 g/mol. The number of nitrogens with one attached hydrogen (secondary N) is 6. The van der Waals surface area contributed by atoms with E-state index >= 15 is 14.4 Å². The molecule has 512 valence electrons. The number of benzene rings is 1. The standard InChI is InChI=1S/C65H101N11O16/c1-15-37(8)54-50(77)33-52(79)70-53(36(6)7)58(82)69-45(30-34(2)3)61(85)76-29-17-19-47(76)63(87)74(13)49(32-41-21-23-42(90-14)24-22-41)65(89)91-39(10)55(59(83)71-54)72-57(81)48(31-35(4)5)73(12)62(86)46-18-16-28-75(46)60(84)40(11)92-64(88)44(26-27-51(66)78)68-56(80)43-25-20-38(9)67-43/h21-24,34-37,39-40,43-50,53-55,67,77H,9,15-20,25-33H2,1-8,10-14H3,(H2,66,78)(H,68,80)(H,69,82)(H,70,79)(H,71,83)(H,72,81)/t37-,39-,40-,43?,44+,45-,46-,47-,48+,49-,50-,53-,54-,55+/m0/s1. The van der Waals surface area contributed by atoms with Gasteiger partial charge in [-0.2, -0.15) is 0 Å². The molecule has 4 fully saturated rings. The van der Waals surface area contributed by atoms with Crippen LogP contribution in [-0.4, -0.2) is 209 Å². The quantitative estimate of drug-likeness (QED) is 0.0758. The first-order valence-corrected chi connectivity index (χ1v) is 32.4. The van der Waals surface area contributed by atoms with Crippen molar-refractivity contribution in [1.82, 2.24) is 51.5 Å². The maximum absolute atomic E-state index is 15.2. The van der Waals surface area contributed by atoms with E-state index in [0.717, 1.165) is 4.90 Å². The minimum Gasteiger partial charge on any atom is -0.497 e. The predicted octanol–water partition coefficient (Wildman–Crippen LogP) is 1.25. The molecule has 5 rings (SSSR count). The van der Waals surface area contributed by atoms with Crippen LogP contribution in [0.3, 0.4) is 0 Å². The summed E-state index contributed by atoms with van der Waals surface area (Å²) in [6.45, 7) is 21.0. The van der Waals surface area contributed by atoms with E-state index in [9.17, 15) is 48.3 Å². The molecule has 4 aliphatic heterocycles. The highest BCUT2D eigenvalue weighted by atomic mass is 16.6. The number of aliphatic hydroxyl groups excluding tert-OH is 1. The number of likely N-dealkylation sites (tertiary alicyclic amines) is 1. The molecule has 1 aromatic rings. The molecule has 27 heteroatoms. The number of hydrogen-bond donors (Lipinski definition) is 8. The molecule has 0 aliphatic carbocycles. The number of cyclic esters (lactones) is 1. The Hall–Kier alpha value is -7.84. The van der Waals surface area contributed by atoms with Crippen molar-refractivity contribution >= 4 is 71.0 Å². The first-order valence-electron chi connectivity index (χ1n) is 32.4. The van der Waals surface area contributed by atoms with Gasteiger partial charge in [-0.15, -0.1) is 0 Å². The number of hydrogen-bond acceptors (Lipinski definition) is 17. The minimum absolute atomic E-state index is 0.00260. The first-order chi connectivity index (χ1) is 43.3. The monoisotopic (exact) mass is 1290 g/mol. The van der Waals surface area contributed by atoms with Crippen molar-refractivity contribution < 1.29 is 76.9 Å². The zero-order valence-electron chi connectivity index (χ0n) is 55.9. The molecule has 92 heavy (non-hydrogen) atoms. The minimum atomic E-state index is -1.80. The van der Waals surface area contributed by atoms with Gasteiger partial charge in [-0.3, -0.25) is 47.9 Å². The molecule has 27 nitrogen and oxygen atoms in total. The molecular weight excluding hydrogens is 1190 g/mol. The van der Waals surface area contributed by atoms with Crippen LogP contribution in [0.5, 0.6) is 5.75 Å². The number of carbonyl (C=O) groups excluding carboxylic acids is 12. The third-order valence-electron chi connectivity index (χ3n) is 17.8. The van der Waals surface area contributed by atoms with Crippen LogP contribution < -0.4 is 42.4 Å². The Morgan fingerprint density at radius 1 is 0.870 bits per heavy atom. The van der Waals surface area contributed by atoms with E-state index in [4.69, 9.17) is 19.9 Å². The Labute approximate surface area is 540 Å². The fourth-order valence-electron chi connectivity index (χ4n) is 12.2. The number of rotatable bonds is 22. The highest BCUT2D eigenvalue weighted by Crippen LogP contribution is 2.28. The molecule has 10 amide bonds. The Kier molecular flexibility index (Phi) is 27.8. The second-order valence-corrected chi connectivity index (χ2v) is 26.3. The Morgan fingerprint density at radius 3 is 2.12 bits per heavy atom. The van der Waals surface area contributed by atoms with E-state index in [-0.39, 0.29) is 69.9 Å². The maximum atomic E-state index is 15.2. The average Bonchev–Trinajstić information content (AvgIpc) is 1.51. The van der Waals surface area contributed by atoms with Crippen molar-refractivity contribution in [2.75, 3.05) is 34.3 Å². The fourth-order valence-corrected chi connectivity index (χ4v) is 12.2. The van der Waals surface area contributed by atoms with Crippen LogP contribution in [-0.2, 0) is 73.4 Å². The summed E-state index contributed by atoms with van der Waals surface area (Å²) in [7, 11) is 4.26. The van der Waals surface area contributed by atoms with Crippen molar-refractivity contribution in [2.24, 2.45) is 29.4 Å². The number of amides is 10. The largest absolute Gasteiger partial charge is 0.497 e. The summed E-state index contributed by atoms with van der Waals surface area (Å²) in [6, 6.07) is -5.64. The summed E-state index contributed by atoms with van der Waals surface area (Å²) in [6.07, 6.45) is -3.32. The number of ether oxygens (including phenoxy) is 3. The van der Waals surface area contributed by atoms with Gasteiger partial charge in [0.1, 0.15) is 66.2 Å². The number of fused-ring (bicyclic) bond motifs is 1. The number of aliphatic hydroxyl groups is 1. The summed E-state index contributed by atoms with van der Waals surface area (Å²) in [5, 5.41) is 28.6. The molecule has 0 aromatic heterocycles. The number of likely N-dealkylation sites (N-methyl/N-ethyl adjacent to an activating group) is 2. The summed E-state index contributed by atoms with van der Waals surface area (Å²) < 4.78 is 17.2. The van der Waals surface area contributed by atoms with E-state index in [2.05, 4.69) is 38.5 Å². The van der Waals surface area contributed by atoms with Gasteiger partial charge in [0.15, 0.2) is 6.10 Å². The van der Waals surface area contributed by atoms with Gasteiger partial charge in [0, 0.05) is 45.7 Å². The number of nitrogens with zero attached hydrogens (tertiary/aromatic N) is 4. The van der Waals surface area contributed by atoms with E-state index in [0.29, 0.717) is 49.1 Å². The lowest BCUT2D eigenvalue weighted by molar-refractivity contribution is -0.163. The zero-order valence-corrected chi connectivity index (χ0v) is 55.9. The van der Waals surface area contributed by atoms with Crippen LogP contribution in [0.2, 0.25) is 0 Å². The lowest BCUT2D eigenvalue weighted by Crippen LogP contribution is -2.62. The van der Waals surface area contributed by atoms with Gasteiger partial charge >= 0.3 is 11.9 Å². The molecule has 4 aliphatic rings. The van der Waals surface area contributed by atoms with Crippen LogP contribution in [0.25, 0.3) is 0 Å². The van der Waals surface area contributed by atoms with Crippen molar-refractivity contribution in [2.45, 2.75) is 231 Å². The topological polar surface area (TPSA) is 364 Å². The number of carbonyl (C=O) groups is 12. The lowest BCUT2D eigenvalue weighted by Gasteiger charge is -2.36.